The highest BCUT2D eigenvalue weighted by Crippen LogP contribution is 2.28. The number of hydrogen-bond acceptors (Lipinski definition) is 3. The molecule has 0 spiro atoms. The summed E-state index contributed by atoms with van der Waals surface area (Å²) in [6.07, 6.45) is 4.06. The molecular formula is C18H14Cl2N2O3. The van der Waals surface area contributed by atoms with Crippen molar-refractivity contribution in [3.8, 4) is 11.3 Å². The molecule has 2 aromatic heterocycles. The largest absolute Gasteiger partial charge is 0.478 e. The zero-order valence-corrected chi connectivity index (χ0v) is 14.8. The Morgan fingerprint density at radius 1 is 1.36 bits per heavy atom. The van der Waals surface area contributed by atoms with Gasteiger partial charge in [-0.05, 0) is 36.8 Å². The quantitative estimate of drug-likeness (QED) is 0.642. The lowest BCUT2D eigenvalue weighted by Crippen LogP contribution is -2.05. The van der Waals surface area contributed by atoms with E-state index in [-0.39, 0.29) is 5.15 Å². The van der Waals surface area contributed by atoms with Crippen LogP contribution in [0, 0.1) is 6.92 Å². The lowest BCUT2D eigenvalue weighted by molar-refractivity contribution is -0.131. The highest BCUT2D eigenvalue weighted by atomic mass is 35.5. The molecule has 0 aliphatic carbocycles. The van der Waals surface area contributed by atoms with Crippen LogP contribution in [0.1, 0.15) is 17.1 Å². The fourth-order valence-electron chi connectivity index (χ4n) is 2.50. The molecule has 0 atom stereocenters. The minimum absolute atomic E-state index is 0.248. The molecule has 0 saturated carbocycles. The Bertz CT molecular complexity index is 944. The molecule has 0 fully saturated rings. The molecule has 3 aromatic rings. The van der Waals surface area contributed by atoms with Crippen LogP contribution in [0.4, 0.5) is 0 Å². The predicted molar refractivity (Wildman–Crippen MR) is 96.9 cm³/mol. The van der Waals surface area contributed by atoms with Gasteiger partial charge in [0.1, 0.15) is 11.6 Å². The molecule has 0 amide bonds. The van der Waals surface area contributed by atoms with Crippen molar-refractivity contribution >= 4 is 35.2 Å². The second-order valence-corrected chi connectivity index (χ2v) is 6.14. The van der Waals surface area contributed by atoms with Gasteiger partial charge in [0.25, 0.3) is 0 Å². The van der Waals surface area contributed by atoms with Gasteiger partial charge in [0.05, 0.1) is 18.5 Å². The molecule has 1 N–H and O–H groups in total. The summed E-state index contributed by atoms with van der Waals surface area (Å²) in [6.45, 7) is 2.22. The van der Waals surface area contributed by atoms with Crippen LogP contribution < -0.4 is 0 Å². The van der Waals surface area contributed by atoms with E-state index in [2.05, 4.69) is 4.98 Å². The second-order valence-electron chi connectivity index (χ2n) is 5.38. The highest BCUT2D eigenvalue weighted by Gasteiger charge is 2.14. The third-order valence-electron chi connectivity index (χ3n) is 3.72. The van der Waals surface area contributed by atoms with Crippen LogP contribution in [0.15, 0.2) is 47.1 Å². The van der Waals surface area contributed by atoms with Crippen LogP contribution in [0.3, 0.4) is 0 Å². The van der Waals surface area contributed by atoms with Crippen molar-refractivity contribution in [1.82, 2.24) is 9.55 Å². The number of carboxylic acid groups (broad SMARTS) is 1. The summed E-state index contributed by atoms with van der Waals surface area (Å²) in [6, 6.07) is 9.32. The number of imidazole rings is 1. The molecular weight excluding hydrogens is 363 g/mol. The Labute approximate surface area is 154 Å². The Morgan fingerprint density at radius 3 is 2.80 bits per heavy atom. The smallest absolute Gasteiger partial charge is 0.328 e. The van der Waals surface area contributed by atoms with Crippen molar-refractivity contribution in [3.63, 3.8) is 0 Å². The first-order valence-corrected chi connectivity index (χ1v) is 8.17. The molecule has 0 aliphatic heterocycles. The molecule has 0 bridgehead atoms. The standard InChI is InChI=1S/C18H14Cl2N2O3/c1-11-21-18(20)15(6-7-17(23)24)22(11)10-13-5-4-12(9-14(13)19)16-3-2-8-25-16/h2-9H,10H2,1H3,(H,23,24)/b7-6+. The monoisotopic (exact) mass is 376 g/mol. The maximum absolute atomic E-state index is 10.8. The number of halogens is 2. The van der Waals surface area contributed by atoms with E-state index in [0.29, 0.717) is 23.1 Å². The molecule has 128 valence electrons. The summed E-state index contributed by atoms with van der Waals surface area (Å²) in [5, 5.41) is 9.65. The molecule has 3 rings (SSSR count). The fraction of sp³-hybridized carbons (Fsp3) is 0.111. The molecule has 5 nitrogen and oxygen atoms in total. The SMILES string of the molecule is Cc1nc(Cl)c(/C=C/C(=O)O)n1Cc1ccc(-c2ccco2)cc1Cl. The molecule has 0 unspecified atom stereocenters. The average molecular weight is 377 g/mol. The van der Waals surface area contributed by atoms with Crippen LogP contribution in [-0.2, 0) is 11.3 Å². The van der Waals surface area contributed by atoms with Crippen molar-refractivity contribution < 1.29 is 14.3 Å². The summed E-state index contributed by atoms with van der Waals surface area (Å²) in [5.74, 6) is 0.351. The highest BCUT2D eigenvalue weighted by molar-refractivity contribution is 6.31. The first-order valence-electron chi connectivity index (χ1n) is 7.41. The van der Waals surface area contributed by atoms with Gasteiger partial charge >= 0.3 is 5.97 Å². The van der Waals surface area contributed by atoms with Crippen LogP contribution in [0.5, 0.6) is 0 Å². The van der Waals surface area contributed by atoms with Gasteiger partial charge in [0.15, 0.2) is 5.15 Å². The van der Waals surface area contributed by atoms with Gasteiger partial charge in [-0.25, -0.2) is 9.78 Å². The number of hydrogen-bond donors (Lipinski definition) is 1. The normalized spacial score (nSPS) is 11.3. The summed E-state index contributed by atoms with van der Waals surface area (Å²) in [5.41, 5.74) is 2.26. The number of carbonyl (C=O) groups is 1. The van der Waals surface area contributed by atoms with Gasteiger partial charge in [-0.3, -0.25) is 0 Å². The van der Waals surface area contributed by atoms with E-state index in [1.165, 1.54) is 6.08 Å². The van der Waals surface area contributed by atoms with E-state index in [9.17, 15) is 4.79 Å². The molecule has 7 heteroatoms. The van der Waals surface area contributed by atoms with Crippen molar-refractivity contribution in [2.45, 2.75) is 13.5 Å². The molecule has 0 radical (unpaired) electrons. The van der Waals surface area contributed by atoms with E-state index in [1.807, 2.05) is 34.9 Å². The maximum atomic E-state index is 10.8. The first-order chi connectivity index (χ1) is 12.0. The van der Waals surface area contributed by atoms with Crippen molar-refractivity contribution in [2.24, 2.45) is 0 Å². The molecule has 25 heavy (non-hydrogen) atoms. The molecule has 1 aromatic carbocycles. The van der Waals surface area contributed by atoms with Gasteiger partial charge < -0.3 is 14.1 Å². The zero-order chi connectivity index (χ0) is 18.0. The minimum atomic E-state index is -1.05. The summed E-state index contributed by atoms with van der Waals surface area (Å²) in [7, 11) is 0. The van der Waals surface area contributed by atoms with Crippen molar-refractivity contribution in [1.29, 1.82) is 0 Å². The number of aliphatic carboxylic acids is 1. The number of carboxylic acids is 1. The molecule has 0 aliphatic rings. The van der Waals surface area contributed by atoms with E-state index in [4.69, 9.17) is 32.7 Å². The summed E-state index contributed by atoms with van der Waals surface area (Å²) in [4.78, 5) is 15.0. The van der Waals surface area contributed by atoms with Gasteiger partial charge in [-0.15, -0.1) is 0 Å². The Kier molecular flexibility index (Phi) is 4.97. The number of furan rings is 1. The van der Waals surface area contributed by atoms with Crippen LogP contribution >= 0.6 is 23.2 Å². The number of benzene rings is 1. The Morgan fingerprint density at radius 2 is 2.16 bits per heavy atom. The number of rotatable bonds is 5. The van der Waals surface area contributed by atoms with E-state index in [1.54, 1.807) is 13.2 Å². The number of aryl methyl sites for hydroxylation is 1. The van der Waals surface area contributed by atoms with E-state index < -0.39 is 5.97 Å². The van der Waals surface area contributed by atoms with Crippen molar-refractivity contribution in [3.05, 3.63) is 69.9 Å². The van der Waals surface area contributed by atoms with Crippen molar-refractivity contribution in [2.75, 3.05) is 0 Å². The van der Waals surface area contributed by atoms with Crippen LogP contribution in [0.25, 0.3) is 17.4 Å². The second kappa shape index (κ2) is 7.17. The third kappa shape index (κ3) is 3.78. The van der Waals surface area contributed by atoms with Gasteiger partial charge in [0, 0.05) is 16.7 Å². The summed E-state index contributed by atoms with van der Waals surface area (Å²) < 4.78 is 7.19. The number of aromatic nitrogens is 2. The van der Waals surface area contributed by atoms with E-state index in [0.717, 1.165) is 23.0 Å². The third-order valence-corrected chi connectivity index (χ3v) is 4.35. The predicted octanol–water partition coefficient (Wildman–Crippen LogP) is 4.90. The van der Waals surface area contributed by atoms with Gasteiger partial charge in [-0.1, -0.05) is 35.3 Å². The zero-order valence-electron chi connectivity index (χ0n) is 13.2. The van der Waals surface area contributed by atoms with Gasteiger partial charge in [-0.2, -0.15) is 0 Å². The van der Waals surface area contributed by atoms with E-state index >= 15 is 0 Å². The lowest BCUT2D eigenvalue weighted by Gasteiger charge is -2.11. The molecule has 2 heterocycles. The number of nitrogens with zero attached hydrogens (tertiary/aromatic N) is 2. The lowest BCUT2D eigenvalue weighted by atomic mass is 10.1. The minimum Gasteiger partial charge on any atom is -0.478 e. The summed E-state index contributed by atoms with van der Waals surface area (Å²) >= 11 is 12.5. The fourth-order valence-corrected chi connectivity index (χ4v) is 3.02. The maximum Gasteiger partial charge on any atom is 0.328 e. The topological polar surface area (TPSA) is 68.3 Å². The Hall–Kier alpha value is -2.50. The molecule has 0 saturated heterocycles. The van der Waals surface area contributed by atoms with Crippen LogP contribution in [-0.4, -0.2) is 20.6 Å². The van der Waals surface area contributed by atoms with Crippen LogP contribution in [0.2, 0.25) is 10.2 Å². The first kappa shape index (κ1) is 17.3. The average Bonchev–Trinajstić information content (AvgIpc) is 3.17. The van der Waals surface area contributed by atoms with Gasteiger partial charge in [0.2, 0.25) is 0 Å². The Balaban J connectivity index is 1.94.